The number of halogens is 1. The molecule has 0 spiro atoms. The highest BCUT2D eigenvalue weighted by molar-refractivity contribution is 6.33. The summed E-state index contributed by atoms with van der Waals surface area (Å²) in [5.41, 5.74) is 0.619. The molecule has 0 unspecified atom stereocenters. The largest absolute Gasteiger partial charge is 0.482 e. The Hall–Kier alpha value is -3.38. The van der Waals surface area contributed by atoms with Crippen LogP contribution in [0.4, 0.5) is 0 Å². The Bertz CT molecular complexity index is 1130. The molecule has 0 fully saturated rings. The van der Waals surface area contributed by atoms with E-state index in [0.717, 1.165) is 10.8 Å². The molecule has 3 aromatic carbocycles. The first-order valence-corrected chi connectivity index (χ1v) is 8.91. The number of esters is 1. The van der Waals surface area contributed by atoms with Gasteiger partial charge in [-0.05, 0) is 35.0 Å². The third kappa shape index (κ3) is 4.13. The molecule has 0 radical (unpaired) electrons. The number of carbonyl (C=O) groups is 1. The Morgan fingerprint density at radius 2 is 1.79 bits per heavy atom. The zero-order valence-corrected chi connectivity index (χ0v) is 15.4. The van der Waals surface area contributed by atoms with Crippen LogP contribution in [0.2, 0.25) is 5.02 Å². The first-order chi connectivity index (χ1) is 13.7. The molecule has 0 aliphatic heterocycles. The van der Waals surface area contributed by atoms with Crippen molar-refractivity contribution in [2.24, 2.45) is 0 Å². The van der Waals surface area contributed by atoms with Gasteiger partial charge in [-0.25, -0.2) is 4.79 Å². The third-order valence-electron chi connectivity index (χ3n) is 4.01. The highest BCUT2D eigenvalue weighted by Crippen LogP contribution is 2.26. The summed E-state index contributed by atoms with van der Waals surface area (Å²) in [5.74, 6) is 0.575. The molecule has 28 heavy (non-hydrogen) atoms. The van der Waals surface area contributed by atoms with Crippen LogP contribution in [-0.4, -0.2) is 22.7 Å². The molecule has 7 heteroatoms. The molecule has 0 amide bonds. The Morgan fingerprint density at radius 3 is 2.64 bits per heavy atom. The topological polar surface area (TPSA) is 74.5 Å². The van der Waals surface area contributed by atoms with Gasteiger partial charge in [-0.15, -0.1) is 0 Å². The average Bonchev–Trinajstić information content (AvgIpc) is 3.19. The van der Waals surface area contributed by atoms with Crippen LogP contribution in [0.3, 0.4) is 0 Å². The van der Waals surface area contributed by atoms with Gasteiger partial charge in [0.15, 0.2) is 13.2 Å². The maximum atomic E-state index is 11.9. The predicted octanol–water partition coefficient (Wildman–Crippen LogP) is 4.67. The average molecular weight is 395 g/mol. The standard InChI is InChI=1S/C21H15ClN2O4/c22-18-8-4-3-7-17(18)21-23-19(24-28-21)12-27-20(25)13-26-16-10-9-14-5-1-2-6-15(14)11-16/h1-11H,12-13H2. The first kappa shape index (κ1) is 18.0. The summed E-state index contributed by atoms with van der Waals surface area (Å²) in [6.45, 7) is -0.332. The van der Waals surface area contributed by atoms with Crippen LogP contribution in [-0.2, 0) is 16.1 Å². The maximum absolute atomic E-state index is 11.9. The monoisotopic (exact) mass is 394 g/mol. The molecule has 0 aliphatic carbocycles. The van der Waals surface area contributed by atoms with Crippen molar-refractivity contribution in [2.45, 2.75) is 6.61 Å². The minimum Gasteiger partial charge on any atom is -0.482 e. The van der Waals surface area contributed by atoms with Crippen molar-refractivity contribution in [1.82, 2.24) is 10.1 Å². The fraction of sp³-hybridized carbons (Fsp3) is 0.0952. The highest BCUT2D eigenvalue weighted by atomic mass is 35.5. The van der Waals surface area contributed by atoms with Crippen LogP contribution in [0.25, 0.3) is 22.2 Å². The van der Waals surface area contributed by atoms with E-state index < -0.39 is 5.97 Å². The number of carbonyl (C=O) groups excluding carboxylic acids is 1. The van der Waals surface area contributed by atoms with Gasteiger partial charge >= 0.3 is 5.97 Å². The first-order valence-electron chi connectivity index (χ1n) is 8.54. The van der Waals surface area contributed by atoms with Crippen molar-refractivity contribution in [3.63, 3.8) is 0 Å². The lowest BCUT2D eigenvalue weighted by atomic mass is 10.1. The molecular formula is C21H15ClN2O4. The lowest BCUT2D eigenvalue weighted by molar-refractivity contribution is -0.147. The number of aromatic nitrogens is 2. The van der Waals surface area contributed by atoms with E-state index in [1.807, 2.05) is 48.5 Å². The second-order valence-electron chi connectivity index (χ2n) is 5.95. The maximum Gasteiger partial charge on any atom is 0.344 e. The van der Waals surface area contributed by atoms with Gasteiger partial charge in [0.05, 0.1) is 10.6 Å². The molecule has 1 heterocycles. The van der Waals surface area contributed by atoms with E-state index in [1.165, 1.54) is 0 Å². The van der Waals surface area contributed by atoms with Gasteiger partial charge in [0.1, 0.15) is 5.75 Å². The van der Waals surface area contributed by atoms with Crippen LogP contribution in [0.1, 0.15) is 5.82 Å². The van der Waals surface area contributed by atoms with Gasteiger partial charge in [0.2, 0.25) is 5.82 Å². The van der Waals surface area contributed by atoms with Crippen molar-refractivity contribution in [2.75, 3.05) is 6.61 Å². The van der Waals surface area contributed by atoms with Crippen LogP contribution in [0.5, 0.6) is 5.75 Å². The Kier molecular flexibility index (Phi) is 5.21. The fourth-order valence-corrected chi connectivity index (χ4v) is 2.86. The Morgan fingerprint density at radius 1 is 1.00 bits per heavy atom. The van der Waals surface area contributed by atoms with Gasteiger partial charge < -0.3 is 14.0 Å². The summed E-state index contributed by atoms with van der Waals surface area (Å²) < 4.78 is 15.8. The molecule has 0 atom stereocenters. The number of hydrogen-bond donors (Lipinski definition) is 0. The van der Waals surface area contributed by atoms with Gasteiger partial charge in [-0.1, -0.05) is 59.2 Å². The van der Waals surface area contributed by atoms with Gasteiger partial charge in [-0.2, -0.15) is 4.98 Å². The minimum atomic E-state index is -0.530. The molecule has 0 saturated carbocycles. The highest BCUT2D eigenvalue weighted by Gasteiger charge is 2.13. The van der Waals surface area contributed by atoms with Crippen LogP contribution in [0.15, 0.2) is 71.3 Å². The lowest BCUT2D eigenvalue weighted by Gasteiger charge is -2.07. The number of ether oxygens (including phenoxy) is 2. The van der Waals surface area contributed by atoms with E-state index in [1.54, 1.807) is 18.2 Å². The molecule has 0 bridgehead atoms. The van der Waals surface area contributed by atoms with Gasteiger partial charge in [0.25, 0.3) is 5.89 Å². The second-order valence-corrected chi connectivity index (χ2v) is 6.36. The second kappa shape index (κ2) is 8.10. The molecule has 140 valence electrons. The number of nitrogens with zero attached hydrogens (tertiary/aromatic N) is 2. The van der Waals surface area contributed by atoms with E-state index in [2.05, 4.69) is 10.1 Å². The fourth-order valence-electron chi connectivity index (χ4n) is 2.64. The summed E-state index contributed by atoms with van der Waals surface area (Å²) in [5, 5.41) is 6.43. The number of benzene rings is 3. The molecule has 4 aromatic rings. The van der Waals surface area contributed by atoms with Crippen LogP contribution < -0.4 is 4.74 Å². The van der Waals surface area contributed by atoms with Crippen molar-refractivity contribution in [1.29, 1.82) is 0 Å². The minimum absolute atomic E-state index is 0.117. The zero-order valence-electron chi connectivity index (χ0n) is 14.7. The molecular weight excluding hydrogens is 380 g/mol. The summed E-state index contributed by atoms with van der Waals surface area (Å²) in [7, 11) is 0. The van der Waals surface area contributed by atoms with Crippen molar-refractivity contribution >= 4 is 28.3 Å². The Labute approximate surface area is 165 Å². The lowest BCUT2D eigenvalue weighted by Crippen LogP contribution is -2.15. The van der Waals surface area contributed by atoms with Crippen molar-refractivity contribution in [3.05, 3.63) is 77.6 Å². The third-order valence-corrected chi connectivity index (χ3v) is 4.34. The smallest absolute Gasteiger partial charge is 0.344 e. The SMILES string of the molecule is O=C(COc1ccc2ccccc2c1)OCc1noc(-c2ccccc2Cl)n1. The number of hydrogen-bond acceptors (Lipinski definition) is 6. The van der Waals surface area contributed by atoms with Crippen LogP contribution >= 0.6 is 11.6 Å². The molecule has 6 nitrogen and oxygen atoms in total. The number of fused-ring (bicyclic) bond motifs is 1. The molecule has 0 saturated heterocycles. The van der Waals surface area contributed by atoms with Gasteiger partial charge in [0, 0.05) is 0 Å². The van der Waals surface area contributed by atoms with Crippen LogP contribution in [0, 0.1) is 0 Å². The van der Waals surface area contributed by atoms with Gasteiger partial charge in [-0.3, -0.25) is 0 Å². The predicted molar refractivity (Wildman–Crippen MR) is 104 cm³/mol. The summed E-state index contributed by atoms with van der Waals surface area (Å²) in [6.07, 6.45) is 0. The number of rotatable bonds is 6. The molecule has 4 rings (SSSR count). The molecule has 0 N–H and O–H groups in total. The zero-order chi connectivity index (χ0) is 19.3. The van der Waals surface area contributed by atoms with E-state index in [9.17, 15) is 4.79 Å². The van der Waals surface area contributed by atoms with E-state index in [-0.39, 0.29) is 24.9 Å². The molecule has 1 aromatic heterocycles. The normalized spacial score (nSPS) is 10.8. The van der Waals surface area contributed by atoms with Crippen molar-refractivity contribution in [3.8, 4) is 17.2 Å². The van der Waals surface area contributed by atoms with Crippen molar-refractivity contribution < 1.29 is 18.8 Å². The summed E-state index contributed by atoms with van der Waals surface area (Å²) in [6, 6.07) is 20.6. The summed E-state index contributed by atoms with van der Waals surface area (Å²) in [4.78, 5) is 16.1. The van der Waals surface area contributed by atoms with E-state index in [4.69, 9.17) is 25.6 Å². The Balaban J connectivity index is 1.31. The molecule has 0 aliphatic rings. The van der Waals surface area contributed by atoms with E-state index >= 15 is 0 Å². The van der Waals surface area contributed by atoms with E-state index in [0.29, 0.717) is 16.3 Å². The quantitative estimate of drug-likeness (QED) is 0.442. The summed E-state index contributed by atoms with van der Waals surface area (Å²) >= 11 is 6.10.